The van der Waals surface area contributed by atoms with Gasteiger partial charge in [0.25, 0.3) is 5.91 Å². The molecule has 2 aliphatic heterocycles. The van der Waals surface area contributed by atoms with Crippen molar-refractivity contribution in [1.29, 1.82) is 5.26 Å². The second-order valence-electron chi connectivity index (χ2n) is 8.59. The minimum absolute atomic E-state index is 0.00943. The lowest BCUT2D eigenvalue weighted by atomic mass is 9.87. The summed E-state index contributed by atoms with van der Waals surface area (Å²) in [5.74, 6) is 1.26. The van der Waals surface area contributed by atoms with Gasteiger partial charge in [-0.05, 0) is 38.8 Å². The molecule has 0 radical (unpaired) electrons. The highest BCUT2D eigenvalue weighted by Crippen LogP contribution is 2.59. The lowest BCUT2D eigenvalue weighted by Gasteiger charge is -2.39. The minimum atomic E-state index is -0.841. The fraction of sp³-hybridized carbons (Fsp3) is 0.550. The Morgan fingerprint density at radius 1 is 1.30 bits per heavy atom. The van der Waals surface area contributed by atoms with E-state index in [-0.39, 0.29) is 29.5 Å². The zero-order valence-corrected chi connectivity index (χ0v) is 15.4. The van der Waals surface area contributed by atoms with Gasteiger partial charge in [0.2, 0.25) is 0 Å². The molecule has 7 nitrogen and oxygen atoms in total. The fourth-order valence-corrected chi connectivity index (χ4v) is 4.36. The van der Waals surface area contributed by atoms with E-state index >= 15 is 0 Å². The third kappa shape index (κ3) is 2.25. The van der Waals surface area contributed by atoms with E-state index in [4.69, 9.17) is 9.47 Å². The molecule has 3 amide bonds. The zero-order chi connectivity index (χ0) is 19.0. The summed E-state index contributed by atoms with van der Waals surface area (Å²) in [6.07, 6.45) is 3.30. The molecule has 27 heavy (non-hydrogen) atoms. The first kappa shape index (κ1) is 16.4. The molecule has 7 heteroatoms. The molecule has 2 aliphatic carbocycles. The number of fused-ring (bicyclic) bond motifs is 2. The van der Waals surface area contributed by atoms with Crippen LogP contribution in [0.25, 0.3) is 0 Å². The average molecular weight is 367 g/mol. The second-order valence-corrected chi connectivity index (χ2v) is 8.59. The van der Waals surface area contributed by atoms with Crippen LogP contribution in [0.3, 0.4) is 0 Å². The molecule has 0 aromatic heterocycles. The number of hydrogen-bond acceptors (Lipinski definition) is 5. The van der Waals surface area contributed by atoms with Crippen molar-refractivity contribution < 1.29 is 19.1 Å². The number of nitrogens with zero attached hydrogens (tertiary/aromatic N) is 2. The summed E-state index contributed by atoms with van der Waals surface area (Å²) in [4.78, 5) is 25.9. The molecule has 1 aromatic carbocycles. The maximum atomic E-state index is 12.4. The maximum Gasteiger partial charge on any atom is 0.325 e. The summed E-state index contributed by atoms with van der Waals surface area (Å²) in [7, 11) is 0. The van der Waals surface area contributed by atoms with Crippen molar-refractivity contribution in [2.24, 2.45) is 0 Å². The summed E-state index contributed by atoms with van der Waals surface area (Å²) in [5, 5.41) is 12.0. The van der Waals surface area contributed by atoms with Gasteiger partial charge in [0, 0.05) is 29.9 Å². The van der Waals surface area contributed by atoms with E-state index in [2.05, 4.69) is 11.4 Å². The van der Waals surface area contributed by atoms with Gasteiger partial charge in [-0.25, -0.2) is 4.79 Å². The number of hydrogen-bond donors (Lipinski definition) is 1. The van der Waals surface area contributed by atoms with E-state index in [1.165, 1.54) is 4.90 Å². The molecule has 3 fully saturated rings. The van der Waals surface area contributed by atoms with Crippen molar-refractivity contribution >= 4 is 11.9 Å². The lowest BCUT2D eigenvalue weighted by Crippen LogP contribution is -2.52. The number of nitrogens with one attached hydrogen (secondary N) is 1. The number of benzene rings is 1. The molecule has 140 valence electrons. The summed E-state index contributed by atoms with van der Waals surface area (Å²) in [6, 6.07) is 5.35. The van der Waals surface area contributed by atoms with Crippen LogP contribution in [0.2, 0.25) is 0 Å². The third-order valence-electron chi connectivity index (χ3n) is 6.24. The molecule has 0 atom stereocenters. The molecule has 1 spiro atoms. The van der Waals surface area contributed by atoms with Crippen LogP contribution in [0.4, 0.5) is 4.79 Å². The number of ether oxygens (including phenoxy) is 2. The van der Waals surface area contributed by atoms with Crippen LogP contribution in [0, 0.1) is 11.3 Å². The minimum Gasteiger partial charge on any atom is -0.491 e. The summed E-state index contributed by atoms with van der Waals surface area (Å²) in [5.41, 5.74) is 0.748. The van der Waals surface area contributed by atoms with Crippen LogP contribution < -0.4 is 14.8 Å². The number of amides is 3. The van der Waals surface area contributed by atoms with Gasteiger partial charge in [-0.15, -0.1) is 0 Å². The van der Waals surface area contributed by atoms with Gasteiger partial charge < -0.3 is 14.8 Å². The second kappa shape index (κ2) is 5.16. The number of nitriles is 1. The molecule has 2 saturated carbocycles. The number of imide groups is 1. The summed E-state index contributed by atoms with van der Waals surface area (Å²) >= 11 is 0. The van der Waals surface area contributed by atoms with E-state index in [9.17, 15) is 14.9 Å². The van der Waals surface area contributed by atoms with Gasteiger partial charge in [0.1, 0.15) is 29.2 Å². The number of carbonyl (C=O) groups is 2. The Morgan fingerprint density at radius 2 is 2.04 bits per heavy atom. The largest absolute Gasteiger partial charge is 0.491 e. The molecule has 5 rings (SSSR count). The van der Waals surface area contributed by atoms with E-state index in [0.29, 0.717) is 30.8 Å². The van der Waals surface area contributed by atoms with Gasteiger partial charge in [0.05, 0.1) is 12.2 Å². The molecule has 1 saturated heterocycles. The van der Waals surface area contributed by atoms with Crippen LogP contribution in [-0.4, -0.2) is 41.1 Å². The van der Waals surface area contributed by atoms with Gasteiger partial charge in [-0.3, -0.25) is 9.69 Å². The van der Waals surface area contributed by atoms with E-state index in [1.54, 1.807) is 19.9 Å². The third-order valence-corrected chi connectivity index (χ3v) is 6.24. The monoisotopic (exact) mass is 367 g/mol. The van der Waals surface area contributed by atoms with Crippen LogP contribution in [0.15, 0.2) is 12.1 Å². The van der Waals surface area contributed by atoms with Gasteiger partial charge >= 0.3 is 6.03 Å². The number of carbonyl (C=O) groups excluding carboxylic acids is 2. The highest BCUT2D eigenvalue weighted by molar-refractivity contribution is 6.06. The van der Waals surface area contributed by atoms with Crippen molar-refractivity contribution in [3.05, 3.63) is 23.3 Å². The molecule has 4 aliphatic rings. The van der Waals surface area contributed by atoms with Gasteiger partial charge in [-0.2, -0.15) is 5.26 Å². The van der Waals surface area contributed by atoms with Gasteiger partial charge in [-0.1, -0.05) is 0 Å². The molecule has 1 aromatic rings. The van der Waals surface area contributed by atoms with E-state index in [1.807, 2.05) is 6.07 Å². The van der Waals surface area contributed by atoms with Crippen LogP contribution in [0.1, 0.15) is 50.7 Å². The Labute approximate surface area is 157 Å². The Hall–Kier alpha value is -2.75. The van der Waals surface area contributed by atoms with Gasteiger partial charge in [0.15, 0.2) is 0 Å². The fourth-order valence-electron chi connectivity index (χ4n) is 4.36. The molecular formula is C20H21N3O4. The molecular weight excluding hydrogens is 346 g/mol. The SMILES string of the molecule is CC1(C)NC(=O)N(C2CC(Oc3ccc(C#N)c4c3C3(CC3)CO4)C2)C1=O. The predicted octanol–water partition coefficient (Wildman–Crippen LogP) is 2.22. The van der Waals surface area contributed by atoms with E-state index < -0.39 is 5.54 Å². The Bertz CT molecular complexity index is 907. The van der Waals surface area contributed by atoms with Crippen molar-refractivity contribution in [3.63, 3.8) is 0 Å². The van der Waals surface area contributed by atoms with E-state index in [0.717, 1.165) is 24.2 Å². The first-order valence-corrected chi connectivity index (χ1v) is 9.37. The molecule has 0 bridgehead atoms. The number of urea groups is 1. The van der Waals surface area contributed by atoms with Crippen LogP contribution in [-0.2, 0) is 10.2 Å². The van der Waals surface area contributed by atoms with Crippen molar-refractivity contribution in [2.75, 3.05) is 6.61 Å². The van der Waals surface area contributed by atoms with Crippen molar-refractivity contribution in [1.82, 2.24) is 10.2 Å². The highest BCUT2D eigenvalue weighted by atomic mass is 16.5. The standard InChI is InChI=1S/C20H21N3O4/c1-19(2)17(24)23(18(25)22-19)12-7-13(8-12)27-14-4-3-11(9-21)16-15(14)20(5-6-20)10-26-16/h3-4,12-13H,5-8,10H2,1-2H3,(H,22,25). The maximum absolute atomic E-state index is 12.4. The smallest absolute Gasteiger partial charge is 0.325 e. The average Bonchev–Trinajstić information content (AvgIpc) is 3.21. The zero-order valence-electron chi connectivity index (χ0n) is 15.4. The topological polar surface area (TPSA) is 91.7 Å². The number of rotatable bonds is 3. The van der Waals surface area contributed by atoms with Crippen molar-refractivity contribution in [2.45, 2.75) is 62.6 Å². The van der Waals surface area contributed by atoms with Crippen molar-refractivity contribution in [3.8, 4) is 17.6 Å². The molecule has 1 N–H and O–H groups in total. The Morgan fingerprint density at radius 3 is 2.63 bits per heavy atom. The Balaban J connectivity index is 1.32. The quantitative estimate of drug-likeness (QED) is 0.827. The summed E-state index contributed by atoms with van der Waals surface area (Å²) < 4.78 is 12.0. The lowest BCUT2D eigenvalue weighted by molar-refractivity contribution is -0.134. The Kier molecular flexibility index (Phi) is 3.14. The molecule has 2 heterocycles. The van der Waals surface area contributed by atoms with Crippen LogP contribution in [0.5, 0.6) is 11.5 Å². The van der Waals surface area contributed by atoms with Crippen LogP contribution >= 0.6 is 0 Å². The normalized spacial score (nSPS) is 28.9. The predicted molar refractivity (Wildman–Crippen MR) is 94.5 cm³/mol. The highest BCUT2D eigenvalue weighted by Gasteiger charge is 2.54. The molecule has 0 unspecified atom stereocenters. The summed E-state index contributed by atoms with van der Waals surface area (Å²) in [6.45, 7) is 4.05. The first-order valence-electron chi connectivity index (χ1n) is 9.37. The first-order chi connectivity index (χ1) is 12.8.